The number of halogens is 2. The van der Waals surface area contributed by atoms with Crippen molar-refractivity contribution >= 4 is 51.4 Å². The maximum atomic E-state index is 12.7. The van der Waals surface area contributed by atoms with Gasteiger partial charge in [-0.2, -0.15) is 0 Å². The molecular weight excluding hydrogens is 335 g/mol. The van der Waals surface area contributed by atoms with Gasteiger partial charge in [-0.15, -0.1) is 0 Å². The largest absolute Gasteiger partial charge is 0.341 e. The molecule has 3 rings (SSSR count). The molecule has 4 nitrogen and oxygen atoms in total. The van der Waals surface area contributed by atoms with Crippen molar-refractivity contribution in [2.75, 3.05) is 5.32 Å². The summed E-state index contributed by atoms with van der Waals surface area (Å²) in [6.45, 7) is 1.35. The molecule has 0 aliphatic heterocycles. The second-order valence-corrected chi connectivity index (χ2v) is 5.82. The maximum absolute atomic E-state index is 12.7. The lowest BCUT2D eigenvalue weighted by molar-refractivity contribution is 0.101. The van der Waals surface area contributed by atoms with Crippen molar-refractivity contribution in [2.24, 2.45) is 0 Å². The van der Waals surface area contributed by atoms with Crippen LogP contribution in [-0.2, 0) is 0 Å². The lowest BCUT2D eigenvalue weighted by atomic mass is 10.1. The number of aromatic amines is 1. The van der Waals surface area contributed by atoms with E-state index in [1.807, 2.05) is 30.3 Å². The number of nitrogens with one attached hydrogen (secondary N) is 2. The Morgan fingerprint density at radius 3 is 2.43 bits per heavy atom. The van der Waals surface area contributed by atoms with Gasteiger partial charge < -0.3 is 10.3 Å². The van der Waals surface area contributed by atoms with Crippen LogP contribution in [0, 0.1) is 0 Å². The zero-order chi connectivity index (χ0) is 16.6. The summed E-state index contributed by atoms with van der Waals surface area (Å²) < 4.78 is 0. The third kappa shape index (κ3) is 2.83. The van der Waals surface area contributed by atoms with Crippen LogP contribution in [0.1, 0.15) is 17.3 Å². The van der Waals surface area contributed by atoms with Crippen LogP contribution in [0.5, 0.6) is 0 Å². The lowest BCUT2D eigenvalue weighted by Crippen LogP contribution is -2.17. The SMILES string of the molecule is CC(=O)c1c(Nc2ccccc2)[nH]c2c(Cl)c(Cl)ccc2c1=O. The van der Waals surface area contributed by atoms with Crippen LogP contribution >= 0.6 is 23.2 Å². The zero-order valence-electron chi connectivity index (χ0n) is 12.1. The van der Waals surface area contributed by atoms with E-state index in [9.17, 15) is 9.59 Å². The number of aromatic nitrogens is 1. The van der Waals surface area contributed by atoms with Gasteiger partial charge in [0.15, 0.2) is 5.78 Å². The summed E-state index contributed by atoms with van der Waals surface area (Å²) in [6.07, 6.45) is 0. The highest BCUT2D eigenvalue weighted by Gasteiger charge is 2.18. The first-order chi connectivity index (χ1) is 11.0. The highest BCUT2D eigenvalue weighted by molar-refractivity contribution is 6.45. The number of ketones is 1. The summed E-state index contributed by atoms with van der Waals surface area (Å²) in [4.78, 5) is 27.6. The molecule has 0 radical (unpaired) electrons. The lowest BCUT2D eigenvalue weighted by Gasteiger charge is -2.13. The number of hydrogen-bond acceptors (Lipinski definition) is 3. The molecule has 0 saturated heterocycles. The van der Waals surface area contributed by atoms with Crippen molar-refractivity contribution in [1.29, 1.82) is 0 Å². The number of hydrogen-bond donors (Lipinski definition) is 2. The number of para-hydroxylation sites is 1. The fourth-order valence-electron chi connectivity index (χ4n) is 2.39. The minimum atomic E-state index is -0.386. The number of pyridine rings is 1. The molecule has 0 bridgehead atoms. The Morgan fingerprint density at radius 1 is 1.09 bits per heavy atom. The summed E-state index contributed by atoms with van der Waals surface area (Å²) in [5.74, 6) is -0.0389. The Bertz CT molecular complexity index is 966. The minimum absolute atomic E-state index is 0.0553. The number of fused-ring (bicyclic) bond motifs is 1. The molecule has 23 heavy (non-hydrogen) atoms. The smallest absolute Gasteiger partial charge is 0.202 e. The maximum Gasteiger partial charge on any atom is 0.202 e. The molecule has 0 amide bonds. The molecule has 0 spiro atoms. The quantitative estimate of drug-likeness (QED) is 0.670. The Hall–Kier alpha value is -2.30. The van der Waals surface area contributed by atoms with Gasteiger partial charge in [-0.05, 0) is 31.2 Å². The van der Waals surface area contributed by atoms with E-state index in [1.165, 1.54) is 13.0 Å². The second kappa shape index (κ2) is 6.07. The van der Waals surface area contributed by atoms with Gasteiger partial charge >= 0.3 is 0 Å². The molecule has 0 saturated carbocycles. The number of rotatable bonds is 3. The van der Waals surface area contributed by atoms with Crippen molar-refractivity contribution in [3.63, 3.8) is 0 Å². The monoisotopic (exact) mass is 346 g/mol. The van der Waals surface area contributed by atoms with Crippen molar-refractivity contribution in [3.05, 3.63) is 68.3 Å². The van der Waals surface area contributed by atoms with Gasteiger partial charge in [0.05, 0.1) is 15.6 Å². The number of benzene rings is 2. The molecule has 116 valence electrons. The number of Topliss-reactive ketones (excluding diaryl/α,β-unsaturated/α-hetero) is 1. The summed E-state index contributed by atoms with van der Waals surface area (Å²) in [5, 5.41) is 3.95. The molecule has 1 heterocycles. The average molecular weight is 347 g/mol. The predicted molar refractivity (Wildman–Crippen MR) is 94.3 cm³/mol. The van der Waals surface area contributed by atoms with Crippen LogP contribution in [-0.4, -0.2) is 10.8 Å². The summed E-state index contributed by atoms with van der Waals surface area (Å²) >= 11 is 12.2. The third-order valence-corrected chi connectivity index (χ3v) is 4.27. The molecule has 0 fully saturated rings. The Kier molecular flexibility index (Phi) is 4.11. The van der Waals surface area contributed by atoms with Crippen molar-refractivity contribution in [1.82, 2.24) is 4.98 Å². The first-order valence-electron chi connectivity index (χ1n) is 6.86. The highest BCUT2D eigenvalue weighted by atomic mass is 35.5. The third-order valence-electron chi connectivity index (χ3n) is 3.46. The first-order valence-corrected chi connectivity index (χ1v) is 7.61. The summed E-state index contributed by atoms with van der Waals surface area (Å²) in [5.41, 5.74) is 0.804. The predicted octanol–water partition coefficient (Wildman–Crippen LogP) is 4.78. The number of H-pyrrole nitrogens is 1. The van der Waals surface area contributed by atoms with Gasteiger partial charge in [-0.3, -0.25) is 9.59 Å². The molecule has 1 aromatic heterocycles. The van der Waals surface area contributed by atoms with E-state index in [-0.39, 0.29) is 21.8 Å². The van der Waals surface area contributed by atoms with Crippen molar-refractivity contribution in [3.8, 4) is 0 Å². The molecule has 2 aromatic carbocycles. The van der Waals surface area contributed by atoms with E-state index in [0.717, 1.165) is 5.69 Å². The second-order valence-electron chi connectivity index (χ2n) is 5.04. The Balaban J connectivity index is 2.31. The van der Waals surface area contributed by atoms with Crippen LogP contribution in [0.3, 0.4) is 0 Å². The van der Waals surface area contributed by atoms with E-state index in [1.54, 1.807) is 6.07 Å². The van der Waals surface area contributed by atoms with Crippen molar-refractivity contribution < 1.29 is 4.79 Å². The van der Waals surface area contributed by atoms with Gasteiger partial charge in [0, 0.05) is 11.1 Å². The molecule has 0 aliphatic carbocycles. The topological polar surface area (TPSA) is 62.0 Å². The molecule has 6 heteroatoms. The summed E-state index contributed by atoms with van der Waals surface area (Å²) in [7, 11) is 0. The zero-order valence-corrected chi connectivity index (χ0v) is 13.6. The Morgan fingerprint density at radius 2 is 1.78 bits per heavy atom. The van der Waals surface area contributed by atoms with Crippen molar-refractivity contribution in [2.45, 2.75) is 6.92 Å². The fraction of sp³-hybridized carbons (Fsp3) is 0.0588. The standard InChI is InChI=1S/C17H12Cl2N2O2/c1-9(22)13-16(23)11-7-8-12(18)14(19)15(11)21-17(13)20-10-5-3-2-4-6-10/h2-8H,1H3,(H2,20,21,23). The van der Waals surface area contributed by atoms with E-state index >= 15 is 0 Å². The highest BCUT2D eigenvalue weighted by Crippen LogP contribution is 2.30. The molecule has 0 unspecified atom stereocenters. The minimum Gasteiger partial charge on any atom is -0.341 e. The van der Waals surface area contributed by atoms with Crippen LogP contribution in [0.2, 0.25) is 10.0 Å². The average Bonchev–Trinajstić information content (AvgIpc) is 2.52. The number of anilines is 2. The normalized spacial score (nSPS) is 10.7. The molecule has 0 atom stereocenters. The molecule has 2 N–H and O–H groups in total. The van der Waals surface area contributed by atoms with E-state index in [0.29, 0.717) is 21.7 Å². The molecule has 0 aliphatic rings. The summed E-state index contributed by atoms with van der Waals surface area (Å²) in [6, 6.07) is 12.3. The van der Waals surface area contributed by atoms with Crippen LogP contribution in [0.25, 0.3) is 10.9 Å². The van der Waals surface area contributed by atoms with Gasteiger partial charge in [0.1, 0.15) is 11.4 Å². The van der Waals surface area contributed by atoms with Crippen LogP contribution in [0.15, 0.2) is 47.3 Å². The molecule has 3 aromatic rings. The van der Waals surface area contributed by atoms with Gasteiger partial charge in [0.2, 0.25) is 5.43 Å². The van der Waals surface area contributed by atoms with E-state index in [4.69, 9.17) is 23.2 Å². The van der Waals surface area contributed by atoms with Gasteiger partial charge in [0.25, 0.3) is 0 Å². The van der Waals surface area contributed by atoms with Crippen LogP contribution < -0.4 is 10.7 Å². The molecular formula is C17H12Cl2N2O2. The van der Waals surface area contributed by atoms with E-state index in [2.05, 4.69) is 10.3 Å². The van der Waals surface area contributed by atoms with Gasteiger partial charge in [-0.1, -0.05) is 41.4 Å². The van der Waals surface area contributed by atoms with E-state index < -0.39 is 0 Å². The van der Waals surface area contributed by atoms with Crippen LogP contribution in [0.4, 0.5) is 11.5 Å². The number of carbonyl (C=O) groups is 1. The Labute approximate surface area is 142 Å². The fourth-order valence-corrected chi connectivity index (χ4v) is 2.76. The first kappa shape index (κ1) is 15.6. The number of carbonyl (C=O) groups excluding carboxylic acids is 1. The van der Waals surface area contributed by atoms with Gasteiger partial charge in [-0.25, -0.2) is 0 Å².